The third-order valence-electron chi connectivity index (χ3n) is 3.71. The molecule has 2 rings (SSSR count). The predicted molar refractivity (Wildman–Crippen MR) is 68.0 cm³/mol. The van der Waals surface area contributed by atoms with Gasteiger partial charge in [0.25, 0.3) is 0 Å². The molecule has 1 fully saturated rings. The standard InChI is InChI=1S/C14H14F3NO3/c15-9-5-6-10(12(17)11(9)16)18-13(19)7-3-1-2-4-8(7)14(20)21/h5-8H,1-4H2,(H,18,19)(H,20,21)/t7-,8+/m0/s1. The van der Waals surface area contributed by atoms with E-state index in [4.69, 9.17) is 5.11 Å². The number of anilines is 1. The molecule has 0 unspecified atom stereocenters. The molecule has 1 aliphatic carbocycles. The lowest BCUT2D eigenvalue weighted by atomic mass is 9.78. The van der Waals surface area contributed by atoms with Crippen molar-refractivity contribution in [3.05, 3.63) is 29.6 Å². The van der Waals surface area contributed by atoms with Crippen molar-refractivity contribution in [1.82, 2.24) is 0 Å². The molecule has 114 valence electrons. The average Bonchev–Trinajstić information content (AvgIpc) is 2.47. The van der Waals surface area contributed by atoms with Gasteiger partial charge in [-0.15, -0.1) is 0 Å². The number of benzene rings is 1. The Balaban J connectivity index is 2.17. The summed E-state index contributed by atoms with van der Waals surface area (Å²) in [5.41, 5.74) is -0.492. The Morgan fingerprint density at radius 3 is 2.29 bits per heavy atom. The van der Waals surface area contributed by atoms with Crippen LogP contribution in [0.25, 0.3) is 0 Å². The van der Waals surface area contributed by atoms with E-state index in [0.717, 1.165) is 6.07 Å². The molecular formula is C14H14F3NO3. The number of carbonyl (C=O) groups is 2. The Hall–Kier alpha value is -2.05. The van der Waals surface area contributed by atoms with E-state index in [-0.39, 0.29) is 0 Å². The van der Waals surface area contributed by atoms with Gasteiger partial charge in [0.2, 0.25) is 5.91 Å². The largest absolute Gasteiger partial charge is 0.481 e. The van der Waals surface area contributed by atoms with Crippen molar-refractivity contribution in [3.8, 4) is 0 Å². The molecule has 21 heavy (non-hydrogen) atoms. The van der Waals surface area contributed by atoms with Crippen LogP contribution in [-0.4, -0.2) is 17.0 Å². The molecule has 2 atom stereocenters. The molecule has 0 bridgehead atoms. The van der Waals surface area contributed by atoms with Crippen LogP contribution < -0.4 is 5.32 Å². The van der Waals surface area contributed by atoms with Gasteiger partial charge in [0.05, 0.1) is 17.5 Å². The Labute approximate surface area is 119 Å². The third kappa shape index (κ3) is 3.17. The minimum atomic E-state index is -1.67. The topological polar surface area (TPSA) is 66.4 Å². The van der Waals surface area contributed by atoms with Crippen molar-refractivity contribution in [1.29, 1.82) is 0 Å². The molecule has 0 aromatic heterocycles. The molecule has 4 nitrogen and oxygen atoms in total. The average molecular weight is 301 g/mol. The molecule has 1 amide bonds. The first-order valence-electron chi connectivity index (χ1n) is 6.59. The molecule has 0 heterocycles. The summed E-state index contributed by atoms with van der Waals surface area (Å²) in [5.74, 6) is -7.94. The fourth-order valence-corrected chi connectivity index (χ4v) is 2.59. The number of amides is 1. The van der Waals surface area contributed by atoms with Crippen LogP contribution in [0.4, 0.5) is 18.9 Å². The maximum atomic E-state index is 13.5. The number of aliphatic carboxylic acids is 1. The summed E-state index contributed by atoms with van der Waals surface area (Å²) < 4.78 is 39.4. The van der Waals surface area contributed by atoms with E-state index in [9.17, 15) is 22.8 Å². The number of rotatable bonds is 3. The van der Waals surface area contributed by atoms with Gasteiger partial charge in [-0.25, -0.2) is 13.2 Å². The molecule has 1 saturated carbocycles. The molecule has 0 spiro atoms. The van der Waals surface area contributed by atoms with Crippen LogP contribution in [0.2, 0.25) is 0 Å². The van der Waals surface area contributed by atoms with Gasteiger partial charge in [0.1, 0.15) is 0 Å². The minimum Gasteiger partial charge on any atom is -0.481 e. The smallest absolute Gasteiger partial charge is 0.307 e. The van der Waals surface area contributed by atoms with E-state index >= 15 is 0 Å². The zero-order valence-electron chi connectivity index (χ0n) is 11.0. The number of carbonyl (C=O) groups excluding carboxylic acids is 1. The van der Waals surface area contributed by atoms with Gasteiger partial charge >= 0.3 is 5.97 Å². The summed E-state index contributed by atoms with van der Waals surface area (Å²) in [6.45, 7) is 0. The van der Waals surface area contributed by atoms with Crippen LogP contribution in [0.3, 0.4) is 0 Å². The Morgan fingerprint density at radius 2 is 1.67 bits per heavy atom. The number of carboxylic acids is 1. The minimum absolute atomic E-state index is 0.369. The first-order valence-corrected chi connectivity index (χ1v) is 6.59. The highest BCUT2D eigenvalue weighted by molar-refractivity contribution is 5.95. The second kappa shape index (κ2) is 6.15. The number of hydrogen-bond donors (Lipinski definition) is 2. The summed E-state index contributed by atoms with van der Waals surface area (Å²) in [4.78, 5) is 23.2. The maximum absolute atomic E-state index is 13.5. The van der Waals surface area contributed by atoms with E-state index in [1.807, 2.05) is 0 Å². The fourth-order valence-electron chi connectivity index (χ4n) is 2.59. The van der Waals surface area contributed by atoms with Gasteiger partial charge < -0.3 is 10.4 Å². The molecule has 1 aromatic rings. The highest BCUT2D eigenvalue weighted by Crippen LogP contribution is 2.31. The zero-order chi connectivity index (χ0) is 15.6. The summed E-state index contributed by atoms with van der Waals surface area (Å²) in [6, 6.07) is 1.60. The predicted octanol–water partition coefficient (Wildman–Crippen LogP) is 2.93. The lowest BCUT2D eigenvalue weighted by Gasteiger charge is -2.27. The van der Waals surface area contributed by atoms with E-state index in [0.29, 0.717) is 31.7 Å². The van der Waals surface area contributed by atoms with Gasteiger partial charge in [-0.05, 0) is 25.0 Å². The van der Waals surface area contributed by atoms with Crippen LogP contribution in [-0.2, 0) is 9.59 Å². The van der Waals surface area contributed by atoms with E-state index in [1.165, 1.54) is 0 Å². The number of hydrogen-bond acceptors (Lipinski definition) is 2. The van der Waals surface area contributed by atoms with Crippen molar-refractivity contribution in [2.75, 3.05) is 5.32 Å². The van der Waals surface area contributed by atoms with Crippen LogP contribution in [0, 0.1) is 29.3 Å². The number of carboxylic acid groups (broad SMARTS) is 1. The van der Waals surface area contributed by atoms with Crippen LogP contribution in [0.15, 0.2) is 12.1 Å². The van der Waals surface area contributed by atoms with Crippen molar-refractivity contribution in [2.24, 2.45) is 11.8 Å². The lowest BCUT2D eigenvalue weighted by Crippen LogP contribution is -2.36. The normalized spacial score (nSPS) is 21.9. The van der Waals surface area contributed by atoms with Crippen LogP contribution in [0.5, 0.6) is 0 Å². The quantitative estimate of drug-likeness (QED) is 0.844. The zero-order valence-corrected chi connectivity index (χ0v) is 11.0. The van der Waals surface area contributed by atoms with Crippen molar-refractivity contribution < 1.29 is 27.9 Å². The highest BCUT2D eigenvalue weighted by atomic mass is 19.2. The van der Waals surface area contributed by atoms with E-state index < -0.39 is 46.9 Å². The van der Waals surface area contributed by atoms with Crippen molar-refractivity contribution in [2.45, 2.75) is 25.7 Å². The molecule has 0 radical (unpaired) electrons. The molecular weight excluding hydrogens is 287 g/mol. The Bertz CT molecular complexity index is 577. The highest BCUT2D eigenvalue weighted by Gasteiger charge is 2.36. The van der Waals surface area contributed by atoms with Crippen LogP contribution >= 0.6 is 0 Å². The number of halogens is 3. The molecule has 0 aliphatic heterocycles. The van der Waals surface area contributed by atoms with E-state index in [2.05, 4.69) is 5.32 Å². The monoisotopic (exact) mass is 301 g/mol. The summed E-state index contributed by atoms with van der Waals surface area (Å²) in [7, 11) is 0. The van der Waals surface area contributed by atoms with E-state index in [1.54, 1.807) is 0 Å². The molecule has 2 N–H and O–H groups in total. The van der Waals surface area contributed by atoms with Crippen LogP contribution in [0.1, 0.15) is 25.7 Å². The van der Waals surface area contributed by atoms with Gasteiger partial charge in [-0.3, -0.25) is 9.59 Å². The summed E-state index contributed by atoms with van der Waals surface area (Å²) in [5, 5.41) is 11.2. The van der Waals surface area contributed by atoms with Crippen molar-refractivity contribution >= 4 is 17.6 Å². The second-order valence-corrected chi connectivity index (χ2v) is 5.05. The molecule has 1 aliphatic rings. The van der Waals surface area contributed by atoms with Gasteiger partial charge in [-0.1, -0.05) is 12.8 Å². The Morgan fingerprint density at radius 1 is 1.05 bits per heavy atom. The summed E-state index contributed by atoms with van der Waals surface area (Å²) >= 11 is 0. The third-order valence-corrected chi connectivity index (χ3v) is 3.71. The molecule has 0 saturated heterocycles. The van der Waals surface area contributed by atoms with Gasteiger partial charge in [0, 0.05) is 0 Å². The second-order valence-electron chi connectivity index (χ2n) is 5.05. The molecule has 7 heteroatoms. The molecule has 1 aromatic carbocycles. The SMILES string of the molecule is O=C(Nc1ccc(F)c(F)c1F)[C@H]1CCCC[C@H]1C(=O)O. The maximum Gasteiger partial charge on any atom is 0.307 e. The van der Waals surface area contributed by atoms with Crippen molar-refractivity contribution in [3.63, 3.8) is 0 Å². The van der Waals surface area contributed by atoms with Gasteiger partial charge in [0.15, 0.2) is 17.5 Å². The first kappa shape index (κ1) is 15.3. The van der Waals surface area contributed by atoms with Gasteiger partial charge in [-0.2, -0.15) is 0 Å². The fraction of sp³-hybridized carbons (Fsp3) is 0.429. The first-order chi connectivity index (χ1) is 9.91. The summed E-state index contributed by atoms with van der Waals surface area (Å²) in [6.07, 6.45) is 2.14. The lowest BCUT2D eigenvalue weighted by molar-refractivity contribution is -0.147. The Kier molecular flexibility index (Phi) is 4.50. The number of nitrogens with one attached hydrogen (secondary N) is 1.